The number of aryl methyl sites for hydroxylation is 1. The molecule has 0 saturated heterocycles. The number of hydrogen-bond donors (Lipinski definition) is 1. The van der Waals surface area contributed by atoms with Gasteiger partial charge in [0.25, 0.3) is 0 Å². The number of nitrogens with zero attached hydrogens (tertiary/aromatic N) is 1. The molecular formula is C16H22N2O. The maximum Gasteiger partial charge on any atom is 0.222 e. The largest absolute Gasteiger partial charge is 0.361 e. The van der Waals surface area contributed by atoms with Gasteiger partial charge in [0.15, 0.2) is 0 Å². The number of para-hydroxylation sites is 1. The molecule has 19 heavy (non-hydrogen) atoms. The fraction of sp³-hybridized carbons (Fsp3) is 0.438. The van der Waals surface area contributed by atoms with Crippen molar-refractivity contribution in [3.05, 3.63) is 36.0 Å². The number of carbonyl (C=O) groups is 1. The van der Waals surface area contributed by atoms with E-state index in [1.54, 1.807) is 0 Å². The summed E-state index contributed by atoms with van der Waals surface area (Å²) in [5, 5.41) is 1.22. The van der Waals surface area contributed by atoms with Crippen LogP contribution in [-0.4, -0.2) is 28.9 Å². The van der Waals surface area contributed by atoms with Crippen molar-refractivity contribution >= 4 is 16.8 Å². The molecule has 0 fully saturated rings. The second-order valence-electron chi connectivity index (χ2n) is 5.12. The molecule has 2 aromatic rings. The fourth-order valence-corrected chi connectivity index (χ4v) is 2.28. The lowest BCUT2D eigenvalue weighted by molar-refractivity contribution is -0.131. The molecule has 3 heteroatoms. The third kappa shape index (κ3) is 2.98. The highest BCUT2D eigenvalue weighted by Gasteiger charge is 2.14. The molecule has 102 valence electrons. The van der Waals surface area contributed by atoms with Crippen LogP contribution in [0, 0.1) is 0 Å². The highest BCUT2D eigenvalue weighted by molar-refractivity contribution is 5.84. The molecule has 0 spiro atoms. The number of fused-ring (bicyclic) bond motifs is 1. The number of rotatable bonds is 5. The minimum Gasteiger partial charge on any atom is -0.361 e. The lowest BCUT2D eigenvalue weighted by atomic mass is 10.1. The number of H-pyrrole nitrogens is 1. The second kappa shape index (κ2) is 5.91. The summed E-state index contributed by atoms with van der Waals surface area (Å²) in [6.07, 6.45) is 4.38. The first-order valence-electron chi connectivity index (χ1n) is 6.94. The monoisotopic (exact) mass is 258 g/mol. The zero-order chi connectivity index (χ0) is 13.8. The van der Waals surface area contributed by atoms with Crippen LogP contribution in [0.5, 0.6) is 0 Å². The van der Waals surface area contributed by atoms with E-state index in [0.717, 1.165) is 18.4 Å². The van der Waals surface area contributed by atoms with Crippen molar-refractivity contribution in [2.75, 3.05) is 7.05 Å². The van der Waals surface area contributed by atoms with Crippen molar-refractivity contribution < 1.29 is 4.79 Å². The fourth-order valence-electron chi connectivity index (χ4n) is 2.28. The Hall–Kier alpha value is -1.77. The van der Waals surface area contributed by atoms with Crippen LogP contribution in [0.15, 0.2) is 30.5 Å². The first-order chi connectivity index (χ1) is 9.13. The molecule has 1 aromatic carbocycles. The van der Waals surface area contributed by atoms with Gasteiger partial charge >= 0.3 is 0 Å². The third-order valence-electron chi connectivity index (χ3n) is 3.93. The molecule has 0 radical (unpaired) electrons. The summed E-state index contributed by atoms with van der Waals surface area (Å²) in [7, 11) is 1.89. The molecule has 3 nitrogen and oxygen atoms in total. The summed E-state index contributed by atoms with van der Waals surface area (Å²) in [5.41, 5.74) is 2.36. The van der Waals surface area contributed by atoms with Crippen LogP contribution in [0.25, 0.3) is 10.9 Å². The normalized spacial score (nSPS) is 12.6. The molecule has 1 amide bonds. The molecule has 0 bridgehead atoms. The van der Waals surface area contributed by atoms with E-state index in [2.05, 4.69) is 31.0 Å². The molecule has 0 aliphatic heterocycles. The van der Waals surface area contributed by atoms with Crippen molar-refractivity contribution in [3.63, 3.8) is 0 Å². The van der Waals surface area contributed by atoms with Gasteiger partial charge in [-0.15, -0.1) is 0 Å². The van der Waals surface area contributed by atoms with Crippen LogP contribution in [-0.2, 0) is 11.2 Å². The average molecular weight is 258 g/mol. The van der Waals surface area contributed by atoms with Crippen molar-refractivity contribution in [2.45, 2.75) is 39.2 Å². The van der Waals surface area contributed by atoms with E-state index in [4.69, 9.17) is 0 Å². The van der Waals surface area contributed by atoms with Crippen molar-refractivity contribution in [1.82, 2.24) is 9.88 Å². The quantitative estimate of drug-likeness (QED) is 0.877. The van der Waals surface area contributed by atoms with Gasteiger partial charge in [-0.1, -0.05) is 25.1 Å². The Labute approximate surface area is 114 Å². The number of nitrogens with one attached hydrogen (secondary N) is 1. The maximum atomic E-state index is 12.1. The van der Waals surface area contributed by atoms with E-state index in [9.17, 15) is 4.79 Å². The minimum atomic E-state index is 0.222. The molecule has 1 heterocycles. The summed E-state index contributed by atoms with van der Waals surface area (Å²) in [4.78, 5) is 17.2. The third-order valence-corrected chi connectivity index (χ3v) is 3.93. The lowest BCUT2D eigenvalue weighted by Crippen LogP contribution is -2.34. The summed E-state index contributed by atoms with van der Waals surface area (Å²) in [6, 6.07) is 8.53. The van der Waals surface area contributed by atoms with Gasteiger partial charge in [-0.3, -0.25) is 4.79 Å². The minimum absolute atomic E-state index is 0.222. The molecule has 0 aliphatic carbocycles. The second-order valence-corrected chi connectivity index (χ2v) is 5.12. The summed E-state index contributed by atoms with van der Waals surface area (Å²) in [6.45, 7) is 4.19. The highest BCUT2D eigenvalue weighted by atomic mass is 16.2. The number of aromatic nitrogens is 1. The molecule has 0 aliphatic rings. The highest BCUT2D eigenvalue weighted by Crippen LogP contribution is 2.19. The van der Waals surface area contributed by atoms with Crippen LogP contribution in [0.3, 0.4) is 0 Å². The Morgan fingerprint density at radius 3 is 2.84 bits per heavy atom. The van der Waals surface area contributed by atoms with Crippen molar-refractivity contribution in [2.24, 2.45) is 0 Å². The molecule has 1 unspecified atom stereocenters. The number of benzene rings is 1. The Morgan fingerprint density at radius 1 is 1.37 bits per heavy atom. The topological polar surface area (TPSA) is 36.1 Å². The molecule has 1 aromatic heterocycles. The SMILES string of the molecule is CCC(C)N(C)C(=O)CCc1c[nH]c2ccccc12. The van der Waals surface area contributed by atoms with Crippen molar-refractivity contribution in [1.29, 1.82) is 0 Å². The van der Waals surface area contributed by atoms with E-state index in [1.165, 1.54) is 10.9 Å². The van der Waals surface area contributed by atoms with E-state index >= 15 is 0 Å². The van der Waals surface area contributed by atoms with Gasteiger partial charge < -0.3 is 9.88 Å². The number of carbonyl (C=O) groups excluding carboxylic acids is 1. The standard InChI is InChI=1S/C16H22N2O/c1-4-12(2)18(3)16(19)10-9-13-11-17-15-8-6-5-7-14(13)15/h5-8,11-12,17H,4,9-10H2,1-3H3. The average Bonchev–Trinajstić information content (AvgIpc) is 2.86. The summed E-state index contributed by atoms with van der Waals surface area (Å²) in [5.74, 6) is 0.222. The van der Waals surface area contributed by atoms with E-state index in [0.29, 0.717) is 12.5 Å². The van der Waals surface area contributed by atoms with Gasteiger partial charge in [0.2, 0.25) is 5.91 Å². The predicted octanol–water partition coefficient (Wildman–Crippen LogP) is 3.36. The van der Waals surface area contributed by atoms with E-state index < -0.39 is 0 Å². The van der Waals surface area contributed by atoms with Gasteiger partial charge in [-0.05, 0) is 31.4 Å². The molecular weight excluding hydrogens is 236 g/mol. The van der Waals surface area contributed by atoms with Crippen LogP contribution < -0.4 is 0 Å². The van der Waals surface area contributed by atoms with Gasteiger partial charge in [0.1, 0.15) is 0 Å². The zero-order valence-corrected chi connectivity index (χ0v) is 11.9. The van der Waals surface area contributed by atoms with Gasteiger partial charge in [0.05, 0.1) is 0 Å². The first kappa shape index (κ1) is 13.7. The van der Waals surface area contributed by atoms with Crippen LogP contribution in [0.2, 0.25) is 0 Å². The maximum absolute atomic E-state index is 12.1. The molecule has 2 rings (SSSR count). The van der Waals surface area contributed by atoms with Crippen LogP contribution in [0.4, 0.5) is 0 Å². The van der Waals surface area contributed by atoms with Crippen LogP contribution in [0.1, 0.15) is 32.3 Å². The van der Waals surface area contributed by atoms with E-state index in [1.807, 2.05) is 30.3 Å². The Morgan fingerprint density at radius 2 is 2.11 bits per heavy atom. The smallest absolute Gasteiger partial charge is 0.222 e. The van der Waals surface area contributed by atoms with Crippen molar-refractivity contribution in [3.8, 4) is 0 Å². The number of hydrogen-bond acceptors (Lipinski definition) is 1. The summed E-state index contributed by atoms with van der Waals surface area (Å²) < 4.78 is 0. The van der Waals surface area contributed by atoms with Gasteiger partial charge in [-0.25, -0.2) is 0 Å². The molecule has 1 N–H and O–H groups in total. The molecule has 0 saturated carbocycles. The Bertz CT molecular complexity index is 559. The van der Waals surface area contributed by atoms with E-state index in [-0.39, 0.29) is 5.91 Å². The zero-order valence-electron chi connectivity index (χ0n) is 11.9. The number of aromatic amines is 1. The first-order valence-corrected chi connectivity index (χ1v) is 6.94. The predicted molar refractivity (Wildman–Crippen MR) is 79.1 cm³/mol. The van der Waals surface area contributed by atoms with Crippen LogP contribution >= 0.6 is 0 Å². The van der Waals surface area contributed by atoms with Gasteiger partial charge in [0, 0.05) is 36.6 Å². The number of amides is 1. The Kier molecular flexibility index (Phi) is 4.25. The van der Waals surface area contributed by atoms with Gasteiger partial charge in [-0.2, -0.15) is 0 Å². The lowest BCUT2D eigenvalue weighted by Gasteiger charge is -2.23. The molecule has 1 atom stereocenters. The Balaban J connectivity index is 2.01. The summed E-state index contributed by atoms with van der Waals surface area (Å²) >= 11 is 0.